The summed E-state index contributed by atoms with van der Waals surface area (Å²) in [4.78, 5) is 0. The number of hydrogen-bond donors (Lipinski definition) is 1. The standard InChI is InChI=1S/C17H27N/c1-2-14-18-15-17(12-7-13-17)11-6-10-16-8-4-3-5-9-16/h3-5,8-9,18H,2,6-7,10-15H2,1H3. The van der Waals surface area contributed by atoms with Crippen LogP contribution < -0.4 is 5.32 Å². The zero-order chi connectivity index (χ0) is 12.7. The molecule has 1 nitrogen and oxygen atoms in total. The highest BCUT2D eigenvalue weighted by Crippen LogP contribution is 2.44. The third-order valence-electron chi connectivity index (χ3n) is 4.36. The minimum Gasteiger partial charge on any atom is -0.316 e. The Hall–Kier alpha value is -0.820. The summed E-state index contributed by atoms with van der Waals surface area (Å²) in [5, 5.41) is 3.63. The van der Waals surface area contributed by atoms with Gasteiger partial charge in [0.25, 0.3) is 0 Å². The minimum atomic E-state index is 0.643. The maximum Gasteiger partial charge on any atom is 0.000780 e. The largest absolute Gasteiger partial charge is 0.316 e. The highest BCUT2D eigenvalue weighted by Gasteiger charge is 2.35. The van der Waals surface area contributed by atoms with Gasteiger partial charge in [0.15, 0.2) is 0 Å². The SMILES string of the molecule is CCCNCC1(CCCc2ccccc2)CCC1. The van der Waals surface area contributed by atoms with Crippen LogP contribution in [-0.4, -0.2) is 13.1 Å². The van der Waals surface area contributed by atoms with Crippen molar-refractivity contribution in [3.8, 4) is 0 Å². The molecular weight excluding hydrogens is 218 g/mol. The Morgan fingerprint density at radius 2 is 1.94 bits per heavy atom. The monoisotopic (exact) mass is 245 g/mol. The molecule has 0 aliphatic heterocycles. The molecule has 0 heterocycles. The summed E-state index contributed by atoms with van der Waals surface area (Å²) in [6.45, 7) is 4.67. The van der Waals surface area contributed by atoms with E-state index in [-0.39, 0.29) is 0 Å². The molecule has 1 aliphatic rings. The lowest BCUT2D eigenvalue weighted by molar-refractivity contribution is 0.114. The van der Waals surface area contributed by atoms with Crippen LogP contribution in [-0.2, 0) is 6.42 Å². The van der Waals surface area contributed by atoms with Crippen molar-refractivity contribution in [1.82, 2.24) is 5.32 Å². The van der Waals surface area contributed by atoms with E-state index in [9.17, 15) is 0 Å². The molecule has 0 saturated heterocycles. The third-order valence-corrected chi connectivity index (χ3v) is 4.36. The molecule has 0 radical (unpaired) electrons. The van der Waals surface area contributed by atoms with Crippen molar-refractivity contribution >= 4 is 0 Å². The van der Waals surface area contributed by atoms with Crippen molar-refractivity contribution in [3.63, 3.8) is 0 Å². The Kier molecular flexibility index (Phi) is 5.25. The van der Waals surface area contributed by atoms with Crippen LogP contribution >= 0.6 is 0 Å². The van der Waals surface area contributed by atoms with Crippen LogP contribution in [0.25, 0.3) is 0 Å². The van der Waals surface area contributed by atoms with E-state index in [1.807, 2.05) is 0 Å². The number of rotatable bonds is 8. The second kappa shape index (κ2) is 6.94. The first-order valence-corrected chi connectivity index (χ1v) is 7.59. The summed E-state index contributed by atoms with van der Waals surface area (Å²) < 4.78 is 0. The molecule has 1 heteroatoms. The summed E-state index contributed by atoms with van der Waals surface area (Å²) in [5.74, 6) is 0. The highest BCUT2D eigenvalue weighted by atomic mass is 14.9. The fourth-order valence-corrected chi connectivity index (χ4v) is 3.03. The maximum atomic E-state index is 3.63. The molecule has 0 aromatic heterocycles. The van der Waals surface area contributed by atoms with Crippen molar-refractivity contribution < 1.29 is 0 Å². The molecule has 18 heavy (non-hydrogen) atoms. The molecule has 1 fully saturated rings. The van der Waals surface area contributed by atoms with Crippen LogP contribution in [0.1, 0.15) is 51.0 Å². The van der Waals surface area contributed by atoms with Crippen LogP contribution in [0.2, 0.25) is 0 Å². The molecule has 1 aliphatic carbocycles. The van der Waals surface area contributed by atoms with Crippen molar-refractivity contribution in [2.45, 2.75) is 51.9 Å². The zero-order valence-electron chi connectivity index (χ0n) is 11.8. The van der Waals surface area contributed by atoms with Crippen molar-refractivity contribution in [1.29, 1.82) is 0 Å². The molecule has 0 spiro atoms. The van der Waals surface area contributed by atoms with Gasteiger partial charge >= 0.3 is 0 Å². The molecule has 1 saturated carbocycles. The van der Waals surface area contributed by atoms with Crippen LogP contribution in [0, 0.1) is 5.41 Å². The van der Waals surface area contributed by atoms with Gasteiger partial charge in [0.2, 0.25) is 0 Å². The van der Waals surface area contributed by atoms with Gasteiger partial charge in [-0.15, -0.1) is 0 Å². The lowest BCUT2D eigenvalue weighted by Gasteiger charge is -2.42. The van der Waals surface area contributed by atoms with E-state index >= 15 is 0 Å². The smallest absolute Gasteiger partial charge is 0.000780 e. The number of benzene rings is 1. The van der Waals surface area contributed by atoms with Gasteiger partial charge < -0.3 is 5.32 Å². The van der Waals surface area contributed by atoms with E-state index in [1.165, 1.54) is 63.6 Å². The van der Waals surface area contributed by atoms with E-state index in [2.05, 4.69) is 42.6 Å². The van der Waals surface area contributed by atoms with Gasteiger partial charge in [0.05, 0.1) is 0 Å². The van der Waals surface area contributed by atoms with E-state index in [0.29, 0.717) is 5.41 Å². The number of nitrogens with one attached hydrogen (secondary N) is 1. The van der Waals surface area contributed by atoms with Crippen LogP contribution in [0.5, 0.6) is 0 Å². The second-order valence-corrected chi connectivity index (χ2v) is 5.87. The third kappa shape index (κ3) is 3.84. The molecule has 0 amide bonds. The van der Waals surface area contributed by atoms with Gasteiger partial charge in [-0.2, -0.15) is 0 Å². The molecule has 1 aromatic rings. The van der Waals surface area contributed by atoms with Crippen LogP contribution in [0.15, 0.2) is 30.3 Å². The lowest BCUT2D eigenvalue weighted by atomic mass is 9.65. The van der Waals surface area contributed by atoms with Crippen LogP contribution in [0.3, 0.4) is 0 Å². The first-order chi connectivity index (χ1) is 8.85. The molecule has 0 unspecified atom stereocenters. The van der Waals surface area contributed by atoms with E-state index in [1.54, 1.807) is 0 Å². The number of hydrogen-bond acceptors (Lipinski definition) is 1. The normalized spacial score (nSPS) is 17.4. The fourth-order valence-electron chi connectivity index (χ4n) is 3.03. The summed E-state index contributed by atoms with van der Waals surface area (Å²) in [7, 11) is 0. The van der Waals surface area contributed by atoms with E-state index in [4.69, 9.17) is 0 Å². The van der Waals surface area contributed by atoms with Crippen molar-refractivity contribution in [3.05, 3.63) is 35.9 Å². The summed E-state index contributed by atoms with van der Waals surface area (Å²) in [6, 6.07) is 10.9. The van der Waals surface area contributed by atoms with Gasteiger partial charge in [0.1, 0.15) is 0 Å². The van der Waals surface area contributed by atoms with E-state index < -0.39 is 0 Å². The summed E-state index contributed by atoms with van der Waals surface area (Å²) in [6.07, 6.45) is 9.57. The molecule has 0 atom stereocenters. The summed E-state index contributed by atoms with van der Waals surface area (Å²) >= 11 is 0. The van der Waals surface area contributed by atoms with Gasteiger partial charge in [-0.3, -0.25) is 0 Å². The minimum absolute atomic E-state index is 0.643. The van der Waals surface area contributed by atoms with Crippen molar-refractivity contribution in [2.75, 3.05) is 13.1 Å². The Morgan fingerprint density at radius 3 is 2.56 bits per heavy atom. The topological polar surface area (TPSA) is 12.0 Å². The molecule has 1 aromatic carbocycles. The van der Waals surface area contributed by atoms with Gasteiger partial charge in [-0.1, -0.05) is 43.7 Å². The Morgan fingerprint density at radius 1 is 1.17 bits per heavy atom. The number of aryl methyl sites for hydroxylation is 1. The quantitative estimate of drug-likeness (QED) is 0.678. The molecule has 0 bridgehead atoms. The lowest BCUT2D eigenvalue weighted by Crippen LogP contribution is -2.40. The summed E-state index contributed by atoms with van der Waals surface area (Å²) in [5.41, 5.74) is 2.14. The van der Waals surface area contributed by atoms with Gasteiger partial charge in [-0.05, 0) is 56.0 Å². The zero-order valence-corrected chi connectivity index (χ0v) is 11.8. The first-order valence-electron chi connectivity index (χ1n) is 7.59. The van der Waals surface area contributed by atoms with Crippen LogP contribution in [0.4, 0.5) is 0 Å². The van der Waals surface area contributed by atoms with E-state index in [0.717, 1.165) is 0 Å². The Bertz CT molecular complexity index is 327. The van der Waals surface area contributed by atoms with Gasteiger partial charge in [-0.25, -0.2) is 0 Å². The van der Waals surface area contributed by atoms with Crippen molar-refractivity contribution in [2.24, 2.45) is 5.41 Å². The average molecular weight is 245 g/mol. The van der Waals surface area contributed by atoms with Gasteiger partial charge in [0, 0.05) is 6.54 Å². The Balaban J connectivity index is 1.70. The molecular formula is C17H27N. The second-order valence-electron chi connectivity index (χ2n) is 5.87. The molecule has 2 rings (SSSR count). The highest BCUT2D eigenvalue weighted by molar-refractivity contribution is 5.14. The fraction of sp³-hybridized carbons (Fsp3) is 0.647. The molecule has 100 valence electrons. The predicted octanol–water partition coefficient (Wildman–Crippen LogP) is 4.18. The first kappa shape index (κ1) is 13.6. The molecule has 1 N–H and O–H groups in total. The predicted molar refractivity (Wildman–Crippen MR) is 78.8 cm³/mol. The Labute approximate surface area is 112 Å². The maximum absolute atomic E-state index is 3.63. The average Bonchev–Trinajstić information content (AvgIpc) is 2.36.